The van der Waals surface area contributed by atoms with Crippen LogP contribution in [0, 0.1) is 0 Å². The predicted molar refractivity (Wildman–Crippen MR) is 66.8 cm³/mol. The number of anilines is 1. The summed E-state index contributed by atoms with van der Waals surface area (Å²) in [6.07, 6.45) is 0. The number of hydrogen-bond donors (Lipinski definition) is 2. The summed E-state index contributed by atoms with van der Waals surface area (Å²) in [5.41, 5.74) is 6.54. The van der Waals surface area contributed by atoms with E-state index in [0.717, 1.165) is 6.54 Å². The van der Waals surface area contributed by atoms with Crippen LogP contribution in [0.4, 0.5) is 5.69 Å². The van der Waals surface area contributed by atoms with E-state index in [9.17, 15) is 4.79 Å². The Bertz CT molecular complexity index is 379. The van der Waals surface area contributed by atoms with Crippen molar-refractivity contribution in [2.45, 2.75) is 0 Å². The fourth-order valence-electron chi connectivity index (χ4n) is 1.21. The molecule has 0 radical (unpaired) electrons. The minimum atomic E-state index is -0.195. The van der Waals surface area contributed by atoms with E-state index < -0.39 is 0 Å². The van der Waals surface area contributed by atoms with E-state index in [1.54, 1.807) is 18.2 Å². The Labute approximate surface area is 100 Å². The number of nitrogens with zero attached hydrogens (tertiary/aromatic N) is 1. The quantitative estimate of drug-likeness (QED) is 0.780. The second-order valence-corrected chi connectivity index (χ2v) is 4.21. The highest BCUT2D eigenvalue weighted by Gasteiger charge is 2.09. The van der Waals surface area contributed by atoms with E-state index in [1.165, 1.54) is 0 Å². The highest BCUT2D eigenvalue weighted by atomic mass is 35.5. The van der Waals surface area contributed by atoms with Crippen molar-refractivity contribution < 1.29 is 4.79 Å². The Hall–Kier alpha value is -1.26. The summed E-state index contributed by atoms with van der Waals surface area (Å²) < 4.78 is 0. The molecular weight excluding hydrogens is 226 g/mol. The number of amides is 1. The number of nitrogens with two attached hydrogens (primary N) is 1. The molecule has 5 heteroatoms. The molecule has 0 heterocycles. The van der Waals surface area contributed by atoms with Gasteiger partial charge >= 0.3 is 0 Å². The minimum Gasteiger partial charge on any atom is -0.399 e. The van der Waals surface area contributed by atoms with Crippen LogP contribution >= 0.6 is 11.6 Å². The summed E-state index contributed by atoms with van der Waals surface area (Å²) in [4.78, 5) is 13.7. The molecular formula is C11H16ClN3O. The van der Waals surface area contributed by atoms with Crippen molar-refractivity contribution in [3.63, 3.8) is 0 Å². The first kappa shape index (κ1) is 12.8. The largest absolute Gasteiger partial charge is 0.399 e. The lowest BCUT2D eigenvalue weighted by molar-refractivity contribution is 0.0951. The van der Waals surface area contributed by atoms with Gasteiger partial charge in [-0.15, -0.1) is 0 Å². The van der Waals surface area contributed by atoms with Crippen LogP contribution in [0.5, 0.6) is 0 Å². The van der Waals surface area contributed by atoms with Crippen molar-refractivity contribution in [2.24, 2.45) is 0 Å². The Morgan fingerprint density at radius 3 is 2.81 bits per heavy atom. The third-order valence-corrected chi connectivity index (χ3v) is 2.41. The molecule has 0 bridgehead atoms. The number of nitrogens with one attached hydrogen (secondary N) is 1. The molecule has 3 N–H and O–H groups in total. The van der Waals surface area contributed by atoms with Gasteiger partial charge in [0.2, 0.25) is 0 Å². The van der Waals surface area contributed by atoms with Gasteiger partial charge in [0.15, 0.2) is 0 Å². The van der Waals surface area contributed by atoms with E-state index >= 15 is 0 Å². The van der Waals surface area contributed by atoms with E-state index in [-0.39, 0.29) is 5.91 Å². The van der Waals surface area contributed by atoms with Crippen molar-refractivity contribution in [2.75, 3.05) is 32.9 Å². The number of rotatable bonds is 4. The highest BCUT2D eigenvalue weighted by Crippen LogP contribution is 2.18. The van der Waals surface area contributed by atoms with E-state index in [4.69, 9.17) is 17.3 Å². The molecule has 16 heavy (non-hydrogen) atoms. The summed E-state index contributed by atoms with van der Waals surface area (Å²) in [5.74, 6) is -0.195. The van der Waals surface area contributed by atoms with E-state index in [2.05, 4.69) is 5.32 Å². The Morgan fingerprint density at radius 1 is 1.50 bits per heavy atom. The Kier molecular flexibility index (Phi) is 4.58. The summed E-state index contributed by atoms with van der Waals surface area (Å²) in [5, 5.41) is 3.19. The summed E-state index contributed by atoms with van der Waals surface area (Å²) in [6.45, 7) is 1.36. The van der Waals surface area contributed by atoms with Crippen LogP contribution in [-0.4, -0.2) is 38.0 Å². The van der Waals surface area contributed by atoms with E-state index in [0.29, 0.717) is 22.8 Å². The summed E-state index contributed by atoms with van der Waals surface area (Å²) >= 11 is 5.91. The molecule has 0 aromatic heterocycles. The van der Waals surface area contributed by atoms with Gasteiger partial charge in [-0.05, 0) is 32.3 Å². The third-order valence-electron chi connectivity index (χ3n) is 2.08. The molecule has 0 unspecified atom stereocenters. The fraction of sp³-hybridized carbons (Fsp3) is 0.364. The smallest absolute Gasteiger partial charge is 0.252 e. The molecule has 0 aliphatic heterocycles. The van der Waals surface area contributed by atoms with Crippen LogP contribution < -0.4 is 11.1 Å². The fourth-order valence-corrected chi connectivity index (χ4v) is 1.41. The molecule has 1 rings (SSSR count). The van der Waals surface area contributed by atoms with Crippen LogP contribution in [0.25, 0.3) is 0 Å². The lowest BCUT2D eigenvalue weighted by Gasteiger charge is -2.11. The SMILES string of the molecule is CN(C)CCNC(=O)c1cc(N)ccc1Cl. The van der Waals surface area contributed by atoms with Crippen LogP contribution in [0.15, 0.2) is 18.2 Å². The van der Waals surface area contributed by atoms with Gasteiger partial charge in [-0.3, -0.25) is 4.79 Å². The molecule has 0 saturated heterocycles. The first-order valence-corrected chi connectivity index (χ1v) is 5.36. The maximum atomic E-state index is 11.7. The van der Waals surface area contributed by atoms with Crippen molar-refractivity contribution >= 4 is 23.2 Å². The molecule has 0 spiro atoms. The van der Waals surface area contributed by atoms with Crippen LogP contribution in [0.1, 0.15) is 10.4 Å². The lowest BCUT2D eigenvalue weighted by Crippen LogP contribution is -2.31. The topological polar surface area (TPSA) is 58.4 Å². The Morgan fingerprint density at radius 2 is 2.19 bits per heavy atom. The number of likely N-dealkylation sites (N-methyl/N-ethyl adjacent to an activating group) is 1. The van der Waals surface area contributed by atoms with Gasteiger partial charge in [-0.1, -0.05) is 11.6 Å². The van der Waals surface area contributed by atoms with Crippen molar-refractivity contribution in [1.82, 2.24) is 10.2 Å². The van der Waals surface area contributed by atoms with Gasteiger partial charge < -0.3 is 16.0 Å². The number of carbonyl (C=O) groups excluding carboxylic acids is 1. The second-order valence-electron chi connectivity index (χ2n) is 3.80. The molecule has 0 aliphatic carbocycles. The maximum Gasteiger partial charge on any atom is 0.252 e. The maximum absolute atomic E-state index is 11.7. The zero-order valence-corrected chi connectivity index (χ0v) is 10.2. The van der Waals surface area contributed by atoms with Crippen molar-refractivity contribution in [1.29, 1.82) is 0 Å². The van der Waals surface area contributed by atoms with Gasteiger partial charge in [0, 0.05) is 18.8 Å². The first-order valence-electron chi connectivity index (χ1n) is 4.98. The van der Waals surface area contributed by atoms with Crippen LogP contribution in [0.3, 0.4) is 0 Å². The number of benzene rings is 1. The number of nitrogen functional groups attached to an aromatic ring is 1. The average Bonchev–Trinajstić information content (AvgIpc) is 2.21. The monoisotopic (exact) mass is 241 g/mol. The summed E-state index contributed by atoms with van der Waals surface area (Å²) in [6, 6.07) is 4.87. The summed E-state index contributed by atoms with van der Waals surface area (Å²) in [7, 11) is 3.89. The van der Waals surface area contributed by atoms with Crippen LogP contribution in [0.2, 0.25) is 5.02 Å². The van der Waals surface area contributed by atoms with Crippen molar-refractivity contribution in [3.8, 4) is 0 Å². The Balaban J connectivity index is 2.62. The van der Waals surface area contributed by atoms with Crippen LogP contribution in [-0.2, 0) is 0 Å². The molecule has 88 valence electrons. The van der Waals surface area contributed by atoms with Gasteiger partial charge in [-0.2, -0.15) is 0 Å². The molecule has 1 aromatic rings. The van der Waals surface area contributed by atoms with E-state index in [1.807, 2.05) is 19.0 Å². The first-order chi connectivity index (χ1) is 7.50. The van der Waals surface area contributed by atoms with Crippen molar-refractivity contribution in [3.05, 3.63) is 28.8 Å². The molecule has 1 aromatic carbocycles. The second kappa shape index (κ2) is 5.72. The third kappa shape index (κ3) is 3.72. The molecule has 0 atom stereocenters. The number of hydrogen-bond acceptors (Lipinski definition) is 3. The molecule has 0 fully saturated rings. The van der Waals surface area contributed by atoms with Gasteiger partial charge in [0.25, 0.3) is 5.91 Å². The molecule has 0 saturated carbocycles. The van der Waals surface area contributed by atoms with Gasteiger partial charge in [0.05, 0.1) is 10.6 Å². The zero-order chi connectivity index (χ0) is 12.1. The molecule has 0 aliphatic rings. The highest BCUT2D eigenvalue weighted by molar-refractivity contribution is 6.34. The molecule has 1 amide bonds. The normalized spacial score (nSPS) is 10.5. The number of halogens is 1. The number of carbonyl (C=O) groups is 1. The van der Waals surface area contributed by atoms with Gasteiger partial charge in [0.1, 0.15) is 0 Å². The zero-order valence-electron chi connectivity index (χ0n) is 9.46. The van der Waals surface area contributed by atoms with Gasteiger partial charge in [-0.25, -0.2) is 0 Å². The average molecular weight is 242 g/mol. The standard InChI is InChI=1S/C11H16ClN3O/c1-15(2)6-5-14-11(16)9-7-8(13)3-4-10(9)12/h3-4,7H,5-6,13H2,1-2H3,(H,14,16). The lowest BCUT2D eigenvalue weighted by atomic mass is 10.2. The predicted octanol–water partition coefficient (Wildman–Crippen LogP) is 1.21. The molecule has 4 nitrogen and oxygen atoms in total. The minimum absolute atomic E-state index is 0.195.